The molecule has 7 nitrogen and oxygen atoms in total. The van der Waals surface area contributed by atoms with Gasteiger partial charge in [-0.1, -0.05) is 78.9 Å². The average molecular weight is 555 g/mol. The van der Waals surface area contributed by atoms with Crippen molar-refractivity contribution in [3.05, 3.63) is 95.6 Å². The number of ether oxygens (including phenoxy) is 1. The number of hydrogen-bond acceptors (Lipinski definition) is 4. The monoisotopic (exact) mass is 554 g/mol. The number of alkyl halides is 3. The van der Waals surface area contributed by atoms with Crippen LogP contribution in [0.2, 0.25) is 0 Å². The number of nitrogens with one attached hydrogen (secondary N) is 1. The second-order valence-electron chi connectivity index (χ2n) is 9.61. The Kier molecular flexibility index (Phi) is 9.08. The topological polar surface area (TPSA) is 95.9 Å². The lowest BCUT2D eigenvalue weighted by molar-refractivity contribution is -0.182. The SMILES string of the molecule is O=C(O)CN(Cc1ccccc1)C(=O)CC(CCNC(=O)OCC1c2ccccc2-c2ccccc21)C(F)(F)F. The van der Waals surface area contributed by atoms with Crippen LogP contribution in [0.15, 0.2) is 78.9 Å². The number of carboxylic acid groups (broad SMARTS) is 1. The number of fused-ring (bicyclic) bond motifs is 3. The van der Waals surface area contributed by atoms with Crippen LogP contribution in [0.4, 0.5) is 18.0 Å². The minimum Gasteiger partial charge on any atom is -0.480 e. The first-order valence-corrected chi connectivity index (χ1v) is 12.8. The molecular weight excluding hydrogens is 525 g/mol. The standard InChI is InChI=1S/C30H29F3N2O5/c31-30(32,33)21(16-27(36)35(18-28(37)38)17-20-8-2-1-3-9-20)14-15-34-29(39)40-19-26-24-12-6-4-10-22(24)23-11-5-7-13-25(23)26/h1-13,21,26H,14-19H2,(H,34,39)(H,37,38). The molecule has 10 heteroatoms. The molecule has 2 amide bonds. The second kappa shape index (κ2) is 12.7. The largest absolute Gasteiger partial charge is 0.480 e. The average Bonchev–Trinajstić information content (AvgIpc) is 3.24. The van der Waals surface area contributed by atoms with Crippen molar-refractivity contribution in [2.45, 2.75) is 31.5 Å². The summed E-state index contributed by atoms with van der Waals surface area (Å²) in [5, 5.41) is 11.5. The fourth-order valence-electron chi connectivity index (χ4n) is 4.92. The number of carboxylic acids is 1. The predicted octanol–water partition coefficient (Wildman–Crippen LogP) is 5.60. The van der Waals surface area contributed by atoms with Gasteiger partial charge in [-0.05, 0) is 34.2 Å². The van der Waals surface area contributed by atoms with E-state index in [1.54, 1.807) is 30.3 Å². The zero-order valence-electron chi connectivity index (χ0n) is 21.6. The third kappa shape index (κ3) is 7.19. The summed E-state index contributed by atoms with van der Waals surface area (Å²) < 4.78 is 46.6. The summed E-state index contributed by atoms with van der Waals surface area (Å²) >= 11 is 0. The lowest BCUT2D eigenvalue weighted by Gasteiger charge is -2.25. The molecule has 0 saturated carbocycles. The molecule has 0 bridgehead atoms. The summed E-state index contributed by atoms with van der Waals surface area (Å²) in [5.41, 5.74) is 4.71. The molecule has 210 valence electrons. The van der Waals surface area contributed by atoms with E-state index in [-0.39, 0.29) is 25.6 Å². The van der Waals surface area contributed by atoms with Crippen LogP contribution in [-0.2, 0) is 20.9 Å². The van der Waals surface area contributed by atoms with E-state index in [1.807, 2.05) is 48.5 Å². The van der Waals surface area contributed by atoms with Crippen LogP contribution in [0.5, 0.6) is 0 Å². The molecule has 0 saturated heterocycles. The molecule has 2 N–H and O–H groups in total. The summed E-state index contributed by atoms with van der Waals surface area (Å²) in [5.74, 6) is -4.52. The Morgan fingerprint density at radius 2 is 1.48 bits per heavy atom. The minimum absolute atomic E-state index is 0.0185. The molecule has 0 radical (unpaired) electrons. The number of hydrogen-bond donors (Lipinski definition) is 2. The number of halogens is 3. The highest BCUT2D eigenvalue weighted by molar-refractivity contribution is 5.81. The Hall–Kier alpha value is -4.34. The summed E-state index contributed by atoms with van der Waals surface area (Å²) in [7, 11) is 0. The molecule has 3 aromatic rings. The maximum Gasteiger partial charge on any atom is 0.407 e. The molecule has 0 fully saturated rings. The van der Waals surface area contributed by atoms with Gasteiger partial charge >= 0.3 is 18.2 Å². The quantitative estimate of drug-likeness (QED) is 0.322. The maximum atomic E-state index is 13.8. The second-order valence-corrected chi connectivity index (χ2v) is 9.61. The van der Waals surface area contributed by atoms with E-state index in [4.69, 9.17) is 9.84 Å². The van der Waals surface area contributed by atoms with Crippen molar-refractivity contribution in [3.63, 3.8) is 0 Å². The van der Waals surface area contributed by atoms with Crippen molar-refractivity contribution in [3.8, 4) is 11.1 Å². The fraction of sp³-hybridized carbons (Fsp3) is 0.300. The number of rotatable bonds is 11. The van der Waals surface area contributed by atoms with E-state index < -0.39 is 49.5 Å². The number of aliphatic carboxylic acids is 1. The lowest BCUT2D eigenvalue weighted by Crippen LogP contribution is -2.39. The first-order valence-electron chi connectivity index (χ1n) is 12.8. The maximum absolute atomic E-state index is 13.8. The Bertz CT molecular complexity index is 1300. The van der Waals surface area contributed by atoms with Crippen molar-refractivity contribution in [1.82, 2.24) is 10.2 Å². The molecule has 0 aromatic heterocycles. The zero-order chi connectivity index (χ0) is 28.7. The number of alkyl carbamates (subject to hydrolysis) is 1. The van der Waals surface area contributed by atoms with Crippen molar-refractivity contribution >= 4 is 18.0 Å². The van der Waals surface area contributed by atoms with E-state index in [2.05, 4.69) is 5.32 Å². The number of nitrogens with zero attached hydrogens (tertiary/aromatic N) is 1. The van der Waals surface area contributed by atoms with E-state index >= 15 is 0 Å². The number of amides is 2. The highest BCUT2D eigenvalue weighted by Crippen LogP contribution is 2.44. The molecule has 4 rings (SSSR count). The van der Waals surface area contributed by atoms with Crippen LogP contribution in [-0.4, -0.2) is 53.8 Å². The van der Waals surface area contributed by atoms with Gasteiger partial charge in [-0.2, -0.15) is 13.2 Å². The molecule has 1 atom stereocenters. The minimum atomic E-state index is -4.72. The van der Waals surface area contributed by atoms with Crippen LogP contribution in [0.3, 0.4) is 0 Å². The van der Waals surface area contributed by atoms with Gasteiger partial charge in [0.1, 0.15) is 13.2 Å². The third-order valence-corrected chi connectivity index (χ3v) is 6.88. The number of carbonyl (C=O) groups excluding carboxylic acids is 2. The van der Waals surface area contributed by atoms with Gasteiger partial charge < -0.3 is 20.1 Å². The molecular formula is C30H29F3N2O5. The van der Waals surface area contributed by atoms with Crippen LogP contribution < -0.4 is 5.32 Å². The Labute approximate surface area is 229 Å². The van der Waals surface area contributed by atoms with E-state index in [0.717, 1.165) is 27.2 Å². The van der Waals surface area contributed by atoms with Gasteiger partial charge in [0.15, 0.2) is 0 Å². The van der Waals surface area contributed by atoms with Gasteiger partial charge in [0.2, 0.25) is 5.91 Å². The highest BCUT2D eigenvalue weighted by Gasteiger charge is 2.41. The Balaban J connectivity index is 1.32. The van der Waals surface area contributed by atoms with Gasteiger partial charge in [-0.3, -0.25) is 9.59 Å². The number of carbonyl (C=O) groups is 3. The first kappa shape index (κ1) is 28.7. The molecule has 1 unspecified atom stereocenters. The molecule has 1 aliphatic rings. The zero-order valence-corrected chi connectivity index (χ0v) is 21.6. The molecule has 0 spiro atoms. The Morgan fingerprint density at radius 1 is 0.900 bits per heavy atom. The first-order chi connectivity index (χ1) is 19.1. The molecule has 40 heavy (non-hydrogen) atoms. The van der Waals surface area contributed by atoms with Gasteiger partial charge in [-0.25, -0.2) is 4.79 Å². The summed E-state index contributed by atoms with van der Waals surface area (Å²) in [6.07, 6.45) is -7.08. The van der Waals surface area contributed by atoms with E-state index in [9.17, 15) is 27.6 Å². The molecule has 0 heterocycles. The van der Waals surface area contributed by atoms with Crippen molar-refractivity contribution < 1.29 is 37.4 Å². The summed E-state index contributed by atoms with van der Waals surface area (Å²) in [4.78, 5) is 37.2. The van der Waals surface area contributed by atoms with Crippen LogP contribution >= 0.6 is 0 Å². The van der Waals surface area contributed by atoms with Crippen LogP contribution in [0.1, 0.15) is 35.4 Å². The van der Waals surface area contributed by atoms with Crippen molar-refractivity contribution in [2.24, 2.45) is 5.92 Å². The van der Waals surface area contributed by atoms with Gasteiger partial charge in [0, 0.05) is 25.4 Å². The normalized spacial score (nSPS) is 13.2. The van der Waals surface area contributed by atoms with E-state index in [0.29, 0.717) is 5.56 Å². The lowest BCUT2D eigenvalue weighted by atomic mass is 9.98. The molecule has 0 aliphatic heterocycles. The predicted molar refractivity (Wildman–Crippen MR) is 141 cm³/mol. The molecule has 3 aromatic carbocycles. The van der Waals surface area contributed by atoms with Crippen LogP contribution in [0.25, 0.3) is 11.1 Å². The number of benzene rings is 3. The highest BCUT2D eigenvalue weighted by atomic mass is 19.4. The van der Waals surface area contributed by atoms with Gasteiger partial charge in [-0.15, -0.1) is 0 Å². The van der Waals surface area contributed by atoms with Gasteiger partial charge in [0.05, 0.1) is 5.92 Å². The smallest absolute Gasteiger partial charge is 0.407 e. The van der Waals surface area contributed by atoms with Crippen molar-refractivity contribution in [1.29, 1.82) is 0 Å². The summed E-state index contributed by atoms with van der Waals surface area (Å²) in [6, 6.07) is 24.0. The summed E-state index contributed by atoms with van der Waals surface area (Å²) in [6.45, 7) is -1.21. The van der Waals surface area contributed by atoms with Crippen molar-refractivity contribution in [2.75, 3.05) is 19.7 Å². The van der Waals surface area contributed by atoms with Crippen LogP contribution in [0, 0.1) is 5.92 Å². The fourth-order valence-corrected chi connectivity index (χ4v) is 4.92. The third-order valence-electron chi connectivity index (χ3n) is 6.88. The van der Waals surface area contributed by atoms with E-state index in [1.165, 1.54) is 0 Å². The Morgan fingerprint density at radius 3 is 2.05 bits per heavy atom. The molecule has 1 aliphatic carbocycles. The van der Waals surface area contributed by atoms with Gasteiger partial charge in [0.25, 0.3) is 0 Å².